The monoisotopic (exact) mass is 390 g/mol. The van der Waals surface area contributed by atoms with Crippen LogP contribution in [0.25, 0.3) is 5.69 Å². The zero-order chi connectivity index (χ0) is 20.5. The Morgan fingerprint density at radius 1 is 1.04 bits per heavy atom. The Hall–Kier alpha value is -3.09. The molecule has 7 heteroatoms. The van der Waals surface area contributed by atoms with Crippen LogP contribution in [0, 0.1) is 19.7 Å². The summed E-state index contributed by atoms with van der Waals surface area (Å²) in [5.41, 5.74) is 1.13. The van der Waals surface area contributed by atoms with Crippen LogP contribution < -0.4 is 5.32 Å². The molecule has 0 bridgehead atoms. The van der Waals surface area contributed by atoms with Crippen molar-refractivity contribution in [2.45, 2.75) is 26.6 Å². The highest BCUT2D eigenvalue weighted by Crippen LogP contribution is 2.35. The summed E-state index contributed by atoms with van der Waals surface area (Å²) in [7, 11) is 0. The molecule has 0 spiro atoms. The van der Waals surface area contributed by atoms with Crippen molar-refractivity contribution in [1.29, 1.82) is 0 Å². The van der Waals surface area contributed by atoms with E-state index in [1.807, 2.05) is 0 Å². The summed E-state index contributed by atoms with van der Waals surface area (Å²) >= 11 is 0. The highest BCUT2D eigenvalue weighted by molar-refractivity contribution is 5.95. The normalized spacial score (nSPS) is 11.5. The van der Waals surface area contributed by atoms with Gasteiger partial charge in [0.1, 0.15) is 5.82 Å². The second-order valence-electron chi connectivity index (χ2n) is 6.44. The predicted molar refractivity (Wildman–Crippen MR) is 97.8 cm³/mol. The molecule has 0 aliphatic carbocycles. The van der Waals surface area contributed by atoms with Crippen LogP contribution in [0.5, 0.6) is 0 Å². The molecule has 0 radical (unpaired) electrons. The zero-order valence-electron chi connectivity index (χ0n) is 15.3. The average Bonchev–Trinajstić information content (AvgIpc) is 2.94. The molecule has 1 aromatic heterocycles. The summed E-state index contributed by atoms with van der Waals surface area (Å²) in [5.74, 6) is -0.782. The molecule has 0 saturated heterocycles. The van der Waals surface area contributed by atoms with Crippen molar-refractivity contribution < 1.29 is 22.4 Å². The summed E-state index contributed by atoms with van der Waals surface area (Å²) in [6.07, 6.45) is -4.51. The highest BCUT2D eigenvalue weighted by atomic mass is 19.4. The van der Waals surface area contributed by atoms with E-state index in [4.69, 9.17) is 0 Å². The van der Waals surface area contributed by atoms with Gasteiger partial charge in [0.15, 0.2) is 0 Å². The third-order valence-electron chi connectivity index (χ3n) is 4.49. The smallest absolute Gasteiger partial charge is 0.348 e. The molecule has 3 nitrogen and oxygen atoms in total. The molecule has 0 aliphatic heterocycles. The molecule has 2 aromatic carbocycles. The van der Waals surface area contributed by atoms with Crippen molar-refractivity contribution in [2.24, 2.45) is 0 Å². The molecule has 0 saturated carbocycles. The maximum Gasteiger partial charge on any atom is 0.418 e. The first-order valence-corrected chi connectivity index (χ1v) is 8.56. The van der Waals surface area contributed by atoms with Crippen LogP contribution in [0.3, 0.4) is 0 Å². The Balaban J connectivity index is 1.90. The summed E-state index contributed by atoms with van der Waals surface area (Å²) in [6.45, 7) is 3.44. The largest absolute Gasteiger partial charge is 0.418 e. The molecule has 1 heterocycles. The Labute approximate surface area is 159 Å². The lowest BCUT2D eigenvalue weighted by atomic mass is 10.1. The van der Waals surface area contributed by atoms with E-state index in [1.165, 1.54) is 34.9 Å². The van der Waals surface area contributed by atoms with Crippen LogP contribution >= 0.6 is 0 Å². The average molecular weight is 390 g/mol. The van der Waals surface area contributed by atoms with Crippen molar-refractivity contribution in [3.8, 4) is 5.69 Å². The third kappa shape index (κ3) is 3.93. The Morgan fingerprint density at radius 2 is 1.68 bits per heavy atom. The third-order valence-corrected chi connectivity index (χ3v) is 4.49. The topological polar surface area (TPSA) is 34.0 Å². The Bertz CT molecular complexity index is 1000. The molecule has 0 aliphatic rings. The number of carbonyl (C=O) groups excluding carboxylic acids is 1. The van der Waals surface area contributed by atoms with Crippen LogP contribution in [0.1, 0.15) is 32.9 Å². The van der Waals surface area contributed by atoms with Gasteiger partial charge in [-0.2, -0.15) is 13.2 Å². The maximum absolute atomic E-state index is 13.4. The molecule has 1 N–H and O–H groups in total. The molecular formula is C21H18F4N2O. The highest BCUT2D eigenvalue weighted by Gasteiger charge is 2.34. The van der Waals surface area contributed by atoms with Crippen LogP contribution in [0.15, 0.2) is 54.6 Å². The number of halogens is 4. The molecule has 28 heavy (non-hydrogen) atoms. The van der Waals surface area contributed by atoms with Crippen LogP contribution in [0.4, 0.5) is 17.6 Å². The predicted octanol–water partition coefficient (Wildman–Crippen LogP) is 5.18. The second-order valence-corrected chi connectivity index (χ2v) is 6.44. The first kappa shape index (κ1) is 19.7. The van der Waals surface area contributed by atoms with Crippen molar-refractivity contribution in [3.63, 3.8) is 0 Å². The van der Waals surface area contributed by atoms with E-state index < -0.39 is 17.6 Å². The number of aromatic nitrogens is 1. The minimum absolute atomic E-state index is 0.0254. The number of aryl methyl sites for hydroxylation is 1. The standard InChI is InChI=1S/C21H18F4N2O/c1-13-11-17(20(28)26-12-15-7-9-16(22)10-8-15)14(2)27(13)19-6-4-3-5-18(19)21(23,24)25/h3-11H,12H2,1-2H3,(H,26,28). The summed E-state index contributed by atoms with van der Waals surface area (Å²) in [4.78, 5) is 12.6. The van der Waals surface area contributed by atoms with Gasteiger partial charge in [0.2, 0.25) is 0 Å². The number of hydrogen-bond acceptors (Lipinski definition) is 1. The SMILES string of the molecule is Cc1cc(C(=O)NCc2ccc(F)cc2)c(C)n1-c1ccccc1C(F)(F)F. The van der Waals surface area contributed by atoms with E-state index in [0.717, 1.165) is 6.07 Å². The number of para-hydroxylation sites is 1. The first-order valence-electron chi connectivity index (χ1n) is 8.56. The van der Waals surface area contributed by atoms with E-state index in [-0.39, 0.29) is 23.6 Å². The fraction of sp³-hybridized carbons (Fsp3) is 0.190. The van der Waals surface area contributed by atoms with Crippen molar-refractivity contribution in [1.82, 2.24) is 9.88 Å². The van der Waals surface area contributed by atoms with E-state index in [9.17, 15) is 22.4 Å². The lowest BCUT2D eigenvalue weighted by molar-refractivity contribution is -0.137. The van der Waals surface area contributed by atoms with Crippen LogP contribution in [-0.4, -0.2) is 10.5 Å². The number of nitrogens with one attached hydrogen (secondary N) is 1. The van der Waals surface area contributed by atoms with Gasteiger partial charge in [-0.1, -0.05) is 24.3 Å². The summed E-state index contributed by atoms with van der Waals surface area (Å²) in [5, 5.41) is 2.72. The number of nitrogens with zero attached hydrogens (tertiary/aromatic N) is 1. The van der Waals surface area contributed by atoms with Gasteiger partial charge in [-0.3, -0.25) is 4.79 Å². The van der Waals surface area contributed by atoms with Gasteiger partial charge >= 0.3 is 6.18 Å². The number of rotatable bonds is 4. The molecule has 1 amide bonds. The minimum atomic E-state index is -4.51. The van der Waals surface area contributed by atoms with Gasteiger partial charge in [0, 0.05) is 17.9 Å². The van der Waals surface area contributed by atoms with Crippen LogP contribution in [-0.2, 0) is 12.7 Å². The lowest BCUT2D eigenvalue weighted by Crippen LogP contribution is -2.23. The van der Waals surface area contributed by atoms with E-state index >= 15 is 0 Å². The second kappa shape index (κ2) is 7.50. The lowest BCUT2D eigenvalue weighted by Gasteiger charge is -2.16. The maximum atomic E-state index is 13.4. The van der Waals surface area contributed by atoms with Crippen molar-refractivity contribution in [2.75, 3.05) is 0 Å². The quantitative estimate of drug-likeness (QED) is 0.612. The van der Waals surface area contributed by atoms with Crippen molar-refractivity contribution >= 4 is 5.91 Å². The van der Waals surface area contributed by atoms with Gasteiger partial charge in [-0.15, -0.1) is 0 Å². The van der Waals surface area contributed by atoms with Gasteiger partial charge in [0.05, 0.1) is 16.8 Å². The van der Waals surface area contributed by atoms with E-state index in [0.29, 0.717) is 17.0 Å². The zero-order valence-corrected chi connectivity index (χ0v) is 15.3. The number of benzene rings is 2. The minimum Gasteiger partial charge on any atom is -0.348 e. The first-order chi connectivity index (χ1) is 13.2. The number of carbonyl (C=O) groups is 1. The molecule has 0 unspecified atom stereocenters. The van der Waals surface area contributed by atoms with E-state index in [2.05, 4.69) is 5.32 Å². The van der Waals surface area contributed by atoms with E-state index in [1.54, 1.807) is 32.0 Å². The van der Waals surface area contributed by atoms with Gasteiger partial charge in [-0.05, 0) is 49.7 Å². The molecule has 0 atom stereocenters. The van der Waals surface area contributed by atoms with Crippen LogP contribution in [0.2, 0.25) is 0 Å². The molecule has 0 fully saturated rings. The van der Waals surface area contributed by atoms with Gasteiger partial charge in [-0.25, -0.2) is 4.39 Å². The summed E-state index contributed by atoms with van der Waals surface area (Å²) in [6, 6.07) is 12.5. The number of amides is 1. The summed E-state index contributed by atoms with van der Waals surface area (Å²) < 4.78 is 54.5. The molecular weight excluding hydrogens is 372 g/mol. The molecule has 146 valence electrons. The van der Waals surface area contributed by atoms with Crippen molar-refractivity contribution in [3.05, 3.63) is 88.5 Å². The molecule has 3 aromatic rings. The van der Waals surface area contributed by atoms with Gasteiger partial charge in [0.25, 0.3) is 5.91 Å². The Kier molecular flexibility index (Phi) is 5.27. The fourth-order valence-electron chi connectivity index (χ4n) is 3.15. The fourth-order valence-corrected chi connectivity index (χ4v) is 3.15. The molecule has 3 rings (SSSR count). The number of hydrogen-bond donors (Lipinski definition) is 1. The number of alkyl halides is 3. The Morgan fingerprint density at radius 3 is 2.32 bits per heavy atom. The van der Waals surface area contributed by atoms with Gasteiger partial charge < -0.3 is 9.88 Å².